The van der Waals surface area contributed by atoms with Crippen LogP contribution >= 0.6 is 26.0 Å². The molecular weight excluding hydrogens is 914 g/mol. The maximum atomic E-state index is 16.5. The number of unbranched alkanes of at least 4 members (excludes halogenated alkanes) is 1. The number of nitrogen functional groups attached to an aromatic ring is 1. The van der Waals surface area contributed by atoms with E-state index >= 15 is 8.78 Å². The highest BCUT2D eigenvalue weighted by Gasteiger charge is 2.55. The van der Waals surface area contributed by atoms with Crippen LogP contribution in [0.4, 0.5) is 14.6 Å². The van der Waals surface area contributed by atoms with Crippen LogP contribution in [0.15, 0.2) is 83.0 Å². The van der Waals surface area contributed by atoms with Gasteiger partial charge in [0.2, 0.25) is 0 Å². The topological polar surface area (TPSA) is 290 Å². The highest BCUT2D eigenvalue weighted by Crippen LogP contribution is 2.65. The Morgan fingerprint density at radius 3 is 2.27 bits per heavy atom. The molecule has 3 fully saturated rings. The number of phosphoric acid groups is 1. The second-order valence-corrected chi connectivity index (χ2v) is 19.8. The average molecular weight is 954 g/mol. The summed E-state index contributed by atoms with van der Waals surface area (Å²) in [6.07, 6.45) is -10.6. The number of alkyl halides is 2. The summed E-state index contributed by atoms with van der Waals surface area (Å²) in [6.45, 7) is -5.97. The fourth-order valence-corrected chi connectivity index (χ4v) is 11.2. The van der Waals surface area contributed by atoms with E-state index in [0.29, 0.717) is 46.7 Å². The third-order valence-electron chi connectivity index (χ3n) is 10.1. The van der Waals surface area contributed by atoms with Gasteiger partial charge in [0.15, 0.2) is 36.3 Å². The van der Waals surface area contributed by atoms with E-state index < -0.39 is 94.3 Å². The minimum Gasteiger partial charge on any atom is -0.494 e. The number of hydrogen-bond acceptors (Lipinski definition) is 19. The number of anilines is 1. The summed E-state index contributed by atoms with van der Waals surface area (Å²) in [5, 5.41) is 8.92. The lowest BCUT2D eigenvalue weighted by Gasteiger charge is -2.29. The van der Waals surface area contributed by atoms with E-state index in [1.165, 1.54) is 24.3 Å². The molecule has 0 bridgehead atoms. The van der Waals surface area contributed by atoms with Gasteiger partial charge in [-0.25, -0.2) is 42.5 Å². The van der Waals surface area contributed by atoms with Gasteiger partial charge in [0.1, 0.15) is 47.8 Å². The van der Waals surface area contributed by atoms with Crippen molar-refractivity contribution in [1.29, 1.82) is 0 Å². The SMILES string of the molecule is Nc1ncnc2c1ncn2[C@@H]1O[C@@H]2COP(=O)(SCc3ccc(OC(=O)c4ccc(OCCCCO)cc4)cc3)O[C@H]3[C@@H](F)[C@H](n4ccc(=O)[nH]c4=O)O[C@@H]3COP(=O)(O)O[C@H]2[C@H]1F. The fourth-order valence-electron chi connectivity index (χ4n) is 6.87. The lowest BCUT2D eigenvalue weighted by atomic mass is 10.1. The van der Waals surface area contributed by atoms with Gasteiger partial charge in [0.05, 0.1) is 31.7 Å². The normalized spacial score (nSPS) is 29.6. The minimum absolute atomic E-state index is 0.0202. The molecule has 10 atom stereocenters. The Morgan fingerprint density at radius 1 is 0.891 bits per heavy atom. The number of benzene rings is 2. The lowest BCUT2D eigenvalue weighted by Crippen LogP contribution is -2.38. The van der Waals surface area contributed by atoms with E-state index in [-0.39, 0.29) is 40.7 Å². The number of halogens is 2. The van der Waals surface area contributed by atoms with E-state index in [9.17, 15) is 28.4 Å². The van der Waals surface area contributed by atoms with Crippen molar-refractivity contribution in [3.05, 3.63) is 105 Å². The average Bonchev–Trinajstić information content (AvgIpc) is 3.93. The van der Waals surface area contributed by atoms with Crippen LogP contribution in [0.25, 0.3) is 11.2 Å². The van der Waals surface area contributed by atoms with E-state index in [2.05, 4.69) is 15.0 Å². The third kappa shape index (κ3) is 10.1. The van der Waals surface area contributed by atoms with Gasteiger partial charge in [-0.05, 0) is 66.2 Å². The summed E-state index contributed by atoms with van der Waals surface area (Å²) in [5.74, 6) is -0.0926. The van der Waals surface area contributed by atoms with Gasteiger partial charge in [-0.3, -0.25) is 37.0 Å². The second kappa shape index (κ2) is 19.3. The molecule has 64 heavy (non-hydrogen) atoms. The molecule has 2 aromatic carbocycles. The zero-order valence-electron chi connectivity index (χ0n) is 33.1. The molecule has 6 heterocycles. The fraction of sp³-hybridized carbons (Fsp3) is 0.405. The first-order chi connectivity index (χ1) is 30.7. The summed E-state index contributed by atoms with van der Waals surface area (Å²) in [4.78, 5) is 62.1. The van der Waals surface area contributed by atoms with Gasteiger partial charge in [0, 0.05) is 24.6 Å². The largest absolute Gasteiger partial charge is 0.494 e. The number of imidazole rings is 1. The van der Waals surface area contributed by atoms with Crippen LogP contribution < -0.4 is 26.5 Å². The third-order valence-corrected chi connectivity index (χ3v) is 14.7. The standard InChI is InChI=1S/C37H39F2N7O15P2S/c38-27-30-25(59-35(27)46-19-43-29-32(40)41-18-42-33(29)46)16-56-63(53,61-31-24(15-55-62(51,52)60-30)58-34(28(31)39)45-12-11-26(48)44-37(45)50)64-17-20-3-7-23(8-4-20)57-36(49)21-5-9-22(10-6-21)54-14-2-1-13-47/h3-12,18-19,24-25,27-28,30-31,34-35,47H,1-2,13-17H2,(H,51,52)(H2,40,41,42)(H,44,48,50)/t24-,25-,27-,28-,30-,31-,34-,35-,63?/m1/s1. The number of nitrogens with one attached hydrogen (secondary N) is 1. The minimum atomic E-state index is -5.24. The number of H-pyrrole nitrogens is 1. The Morgan fingerprint density at radius 2 is 1.56 bits per heavy atom. The maximum absolute atomic E-state index is 16.5. The van der Waals surface area contributed by atoms with Crippen molar-refractivity contribution in [3.8, 4) is 11.5 Å². The molecule has 342 valence electrons. The molecule has 3 saturated heterocycles. The molecule has 0 aliphatic carbocycles. The van der Waals surface area contributed by atoms with Crippen LogP contribution in [0.3, 0.4) is 0 Å². The number of aliphatic hydroxyl groups excluding tert-OH is 1. The molecule has 5 aromatic rings. The van der Waals surface area contributed by atoms with Crippen LogP contribution in [-0.4, -0.2) is 108 Å². The Bertz CT molecular complexity index is 2680. The van der Waals surface area contributed by atoms with Crippen molar-refractivity contribution in [2.24, 2.45) is 0 Å². The predicted octanol–water partition coefficient (Wildman–Crippen LogP) is 3.76. The van der Waals surface area contributed by atoms with Gasteiger partial charge < -0.3 is 34.7 Å². The highest BCUT2D eigenvalue weighted by molar-refractivity contribution is 8.54. The summed E-state index contributed by atoms with van der Waals surface area (Å²) in [6, 6.07) is 13.3. The second-order valence-electron chi connectivity index (χ2n) is 14.4. The van der Waals surface area contributed by atoms with Gasteiger partial charge in [-0.1, -0.05) is 12.1 Å². The van der Waals surface area contributed by atoms with Gasteiger partial charge in [0.25, 0.3) is 5.56 Å². The summed E-state index contributed by atoms with van der Waals surface area (Å²) in [7, 11) is -5.24. The number of fused-ring (bicyclic) bond motifs is 3. The van der Waals surface area contributed by atoms with Gasteiger partial charge in [-0.2, -0.15) is 0 Å². The number of aromatic nitrogens is 6. The van der Waals surface area contributed by atoms with Crippen molar-refractivity contribution in [3.63, 3.8) is 0 Å². The van der Waals surface area contributed by atoms with E-state index in [4.69, 9.17) is 47.9 Å². The van der Waals surface area contributed by atoms with E-state index in [1.54, 1.807) is 24.3 Å². The molecular formula is C37H39F2N7O15P2S. The number of carbonyl (C=O) groups excluding carboxylic acids is 1. The molecule has 27 heteroatoms. The molecule has 3 aromatic heterocycles. The molecule has 2 unspecified atom stereocenters. The predicted molar refractivity (Wildman–Crippen MR) is 219 cm³/mol. The Balaban J connectivity index is 1.02. The number of hydrogen-bond donors (Lipinski definition) is 4. The Labute approximate surface area is 363 Å². The first kappa shape index (κ1) is 45.7. The van der Waals surface area contributed by atoms with Crippen molar-refractivity contribution in [1.82, 2.24) is 29.1 Å². The van der Waals surface area contributed by atoms with Crippen molar-refractivity contribution >= 4 is 49.0 Å². The van der Waals surface area contributed by atoms with Crippen molar-refractivity contribution < 1.29 is 69.7 Å². The molecule has 3 aliphatic rings. The van der Waals surface area contributed by atoms with E-state index in [0.717, 1.165) is 29.5 Å². The van der Waals surface area contributed by atoms with Crippen LogP contribution in [0.2, 0.25) is 0 Å². The van der Waals surface area contributed by atoms with Crippen LogP contribution in [0.1, 0.15) is 41.2 Å². The van der Waals surface area contributed by atoms with E-state index in [1.807, 2.05) is 4.98 Å². The Kier molecular flexibility index (Phi) is 13.8. The molecule has 22 nitrogen and oxygen atoms in total. The molecule has 0 radical (unpaired) electrons. The molecule has 0 saturated carbocycles. The summed E-state index contributed by atoms with van der Waals surface area (Å²) in [5.41, 5.74) is 4.94. The molecule has 0 amide bonds. The number of carbonyl (C=O) groups is 1. The number of aromatic amines is 1. The van der Waals surface area contributed by atoms with Gasteiger partial charge in [-0.15, -0.1) is 0 Å². The number of aliphatic hydroxyl groups is 1. The highest BCUT2D eigenvalue weighted by atomic mass is 32.7. The Hall–Kier alpha value is -4.91. The zero-order chi connectivity index (χ0) is 45.2. The van der Waals surface area contributed by atoms with Crippen LogP contribution in [0, 0.1) is 0 Å². The smallest absolute Gasteiger partial charge is 0.472 e. The van der Waals surface area contributed by atoms with Crippen LogP contribution in [0.5, 0.6) is 11.5 Å². The number of phosphoric ester groups is 1. The number of ether oxygens (including phenoxy) is 4. The first-order valence-corrected chi connectivity index (χ1v) is 24.1. The first-order valence-electron chi connectivity index (χ1n) is 19.4. The monoisotopic (exact) mass is 953 g/mol. The summed E-state index contributed by atoms with van der Waals surface area (Å²) >= 11 is 0.579. The van der Waals surface area contributed by atoms with Crippen LogP contribution in [-0.2, 0) is 42.5 Å². The molecule has 8 rings (SSSR count). The molecule has 3 aliphatic heterocycles. The number of rotatable bonds is 12. The quantitative estimate of drug-likeness (QED) is 0.0599. The van der Waals surface area contributed by atoms with Crippen molar-refractivity contribution in [2.75, 3.05) is 32.2 Å². The zero-order valence-corrected chi connectivity index (χ0v) is 35.7. The number of esters is 1. The van der Waals surface area contributed by atoms with Crippen molar-refractivity contribution in [2.45, 2.75) is 67.8 Å². The number of nitrogens with two attached hydrogens (primary N) is 1. The maximum Gasteiger partial charge on any atom is 0.472 e. The number of nitrogens with zero attached hydrogens (tertiary/aromatic N) is 5. The molecule has 5 N–H and O–H groups in total. The summed E-state index contributed by atoms with van der Waals surface area (Å²) < 4.78 is 108. The molecule has 0 spiro atoms. The lowest BCUT2D eigenvalue weighted by molar-refractivity contribution is -0.0619. The van der Waals surface area contributed by atoms with Gasteiger partial charge >= 0.3 is 26.3 Å².